The number of hydrogen-bond donors (Lipinski definition) is 2. The van der Waals surface area contributed by atoms with Gasteiger partial charge in [-0.05, 0) is 43.7 Å². The number of para-hydroxylation sites is 2. The molecule has 1 amide bonds. The molecule has 4 aromatic rings. The maximum absolute atomic E-state index is 13.6. The maximum Gasteiger partial charge on any atom is 0.255 e. The Bertz CT molecular complexity index is 1350. The van der Waals surface area contributed by atoms with Gasteiger partial charge in [0.15, 0.2) is 5.76 Å². The summed E-state index contributed by atoms with van der Waals surface area (Å²) in [6, 6.07) is 18.5. The lowest BCUT2D eigenvalue weighted by atomic mass is 9.94. The summed E-state index contributed by atoms with van der Waals surface area (Å²) in [7, 11) is 1.57. The summed E-state index contributed by atoms with van der Waals surface area (Å²) >= 11 is 0. The molecule has 166 valence electrons. The second kappa shape index (κ2) is 8.31. The van der Waals surface area contributed by atoms with Gasteiger partial charge in [0.1, 0.15) is 11.8 Å². The van der Waals surface area contributed by atoms with Crippen molar-refractivity contribution in [3.63, 3.8) is 0 Å². The average Bonchev–Trinajstić information content (AvgIpc) is 3.48. The molecule has 8 heteroatoms. The number of benzene rings is 2. The Balaban J connectivity index is 1.61. The number of hydrogen-bond acceptors (Lipinski definition) is 6. The zero-order chi connectivity index (χ0) is 22.9. The van der Waals surface area contributed by atoms with E-state index in [0.29, 0.717) is 40.2 Å². The minimum atomic E-state index is -0.480. The molecule has 0 bridgehead atoms. The van der Waals surface area contributed by atoms with E-state index in [0.717, 1.165) is 11.1 Å². The van der Waals surface area contributed by atoms with Gasteiger partial charge in [-0.15, -0.1) is 5.10 Å². The number of allylic oxidation sites excluding steroid dienone is 1. The fourth-order valence-electron chi connectivity index (χ4n) is 4.04. The molecule has 0 spiro atoms. The number of furan rings is 1. The van der Waals surface area contributed by atoms with Gasteiger partial charge in [-0.3, -0.25) is 4.79 Å². The van der Waals surface area contributed by atoms with E-state index >= 15 is 0 Å². The fraction of sp³-hybridized carbons (Fsp3) is 0.160. The van der Waals surface area contributed by atoms with Gasteiger partial charge in [-0.2, -0.15) is 4.98 Å². The number of ether oxygens (including phenoxy) is 1. The van der Waals surface area contributed by atoms with Crippen molar-refractivity contribution in [3.8, 4) is 17.3 Å². The lowest BCUT2D eigenvalue weighted by molar-refractivity contribution is -0.113. The van der Waals surface area contributed by atoms with Crippen LogP contribution in [0.5, 0.6) is 5.75 Å². The molecule has 33 heavy (non-hydrogen) atoms. The van der Waals surface area contributed by atoms with Gasteiger partial charge in [-0.1, -0.05) is 42.0 Å². The lowest BCUT2D eigenvalue weighted by Gasteiger charge is -2.29. The molecule has 2 aromatic carbocycles. The van der Waals surface area contributed by atoms with Crippen LogP contribution in [0.1, 0.15) is 24.1 Å². The van der Waals surface area contributed by atoms with Crippen LogP contribution in [0.15, 0.2) is 82.6 Å². The molecule has 0 aliphatic carbocycles. The van der Waals surface area contributed by atoms with Crippen molar-refractivity contribution in [1.82, 2.24) is 14.8 Å². The summed E-state index contributed by atoms with van der Waals surface area (Å²) < 4.78 is 12.6. The molecule has 1 aliphatic heterocycles. The summed E-state index contributed by atoms with van der Waals surface area (Å²) in [4.78, 5) is 18.2. The molecule has 1 aliphatic rings. The highest BCUT2D eigenvalue weighted by molar-refractivity contribution is 6.06. The van der Waals surface area contributed by atoms with Crippen LogP contribution in [0.25, 0.3) is 11.6 Å². The molecule has 8 nitrogen and oxygen atoms in total. The molecule has 2 N–H and O–H groups in total. The van der Waals surface area contributed by atoms with Gasteiger partial charge in [0, 0.05) is 5.70 Å². The highest BCUT2D eigenvalue weighted by atomic mass is 16.5. The Kier molecular flexibility index (Phi) is 5.18. The maximum atomic E-state index is 13.6. The molecule has 1 unspecified atom stereocenters. The Labute approximate surface area is 190 Å². The van der Waals surface area contributed by atoms with E-state index in [1.807, 2.05) is 44.2 Å². The topological polar surface area (TPSA) is 94.2 Å². The summed E-state index contributed by atoms with van der Waals surface area (Å²) in [5, 5.41) is 10.9. The van der Waals surface area contributed by atoms with Crippen LogP contribution in [0, 0.1) is 6.92 Å². The first kappa shape index (κ1) is 20.6. The Morgan fingerprint density at radius 1 is 1.12 bits per heavy atom. The Morgan fingerprint density at radius 3 is 2.73 bits per heavy atom. The number of carbonyl (C=O) groups is 1. The smallest absolute Gasteiger partial charge is 0.255 e. The number of methoxy groups -OCH3 is 1. The van der Waals surface area contributed by atoms with Crippen molar-refractivity contribution in [2.45, 2.75) is 19.9 Å². The number of fused-ring (bicyclic) bond motifs is 1. The first-order valence-electron chi connectivity index (χ1n) is 10.5. The van der Waals surface area contributed by atoms with Gasteiger partial charge in [0.05, 0.1) is 24.6 Å². The minimum absolute atomic E-state index is 0.253. The predicted octanol–water partition coefficient (Wildman–Crippen LogP) is 4.78. The number of aromatic nitrogens is 3. The Morgan fingerprint density at radius 2 is 1.97 bits per heavy atom. The first-order valence-corrected chi connectivity index (χ1v) is 10.5. The molecular weight excluding hydrogens is 418 g/mol. The first-order chi connectivity index (χ1) is 16.0. The third kappa shape index (κ3) is 3.76. The molecule has 0 fully saturated rings. The van der Waals surface area contributed by atoms with Crippen molar-refractivity contribution in [2.24, 2.45) is 0 Å². The standard InChI is InChI=1S/C25H23N5O3/c1-15-8-6-9-17(14-15)22-21(24(31)27-18-10-4-5-11-19(18)32-3)16(2)26-25-28-23(29-30(22)25)20-12-7-13-33-20/h4-14,22H,1-3H3,(H,27,31)(H,26,28,29). The van der Waals surface area contributed by atoms with Crippen molar-refractivity contribution in [2.75, 3.05) is 17.7 Å². The summed E-state index contributed by atoms with van der Waals surface area (Å²) in [5.74, 6) is 1.87. The van der Waals surface area contributed by atoms with Gasteiger partial charge in [0.25, 0.3) is 5.91 Å². The van der Waals surface area contributed by atoms with Crippen molar-refractivity contribution in [3.05, 3.63) is 89.3 Å². The van der Waals surface area contributed by atoms with E-state index in [-0.39, 0.29) is 5.91 Å². The number of amides is 1. The van der Waals surface area contributed by atoms with Crippen LogP contribution in [-0.2, 0) is 4.79 Å². The van der Waals surface area contributed by atoms with Crippen LogP contribution < -0.4 is 15.4 Å². The van der Waals surface area contributed by atoms with Gasteiger partial charge in [0.2, 0.25) is 11.8 Å². The monoisotopic (exact) mass is 441 g/mol. The molecule has 0 saturated heterocycles. The van der Waals surface area contributed by atoms with E-state index in [1.165, 1.54) is 0 Å². The van der Waals surface area contributed by atoms with Crippen LogP contribution >= 0.6 is 0 Å². The third-order valence-electron chi connectivity index (χ3n) is 5.55. The average molecular weight is 441 g/mol. The number of carbonyl (C=O) groups excluding carboxylic acids is 1. The Hall–Kier alpha value is -4.33. The second-order valence-corrected chi connectivity index (χ2v) is 7.82. The predicted molar refractivity (Wildman–Crippen MR) is 125 cm³/mol. The minimum Gasteiger partial charge on any atom is -0.495 e. The SMILES string of the molecule is COc1ccccc1NC(=O)C1=C(C)Nc2nc(-c3ccco3)nn2C1c1cccc(C)c1. The van der Waals surface area contributed by atoms with Gasteiger partial charge < -0.3 is 19.8 Å². The van der Waals surface area contributed by atoms with E-state index in [4.69, 9.17) is 14.3 Å². The number of rotatable bonds is 5. The lowest BCUT2D eigenvalue weighted by Crippen LogP contribution is -2.31. The van der Waals surface area contributed by atoms with E-state index < -0.39 is 6.04 Å². The number of anilines is 2. The fourth-order valence-corrected chi connectivity index (χ4v) is 4.04. The zero-order valence-electron chi connectivity index (χ0n) is 18.5. The summed E-state index contributed by atoms with van der Waals surface area (Å²) in [5.41, 5.74) is 3.84. The van der Waals surface area contributed by atoms with E-state index in [2.05, 4.69) is 21.7 Å². The van der Waals surface area contributed by atoms with Gasteiger partial charge >= 0.3 is 0 Å². The summed E-state index contributed by atoms with van der Waals surface area (Å²) in [6.45, 7) is 3.89. The van der Waals surface area contributed by atoms with Crippen molar-refractivity contribution >= 4 is 17.5 Å². The number of nitrogens with zero attached hydrogens (tertiary/aromatic N) is 3. The van der Waals surface area contributed by atoms with Crippen LogP contribution in [0.2, 0.25) is 0 Å². The van der Waals surface area contributed by atoms with Crippen LogP contribution in [0.3, 0.4) is 0 Å². The van der Waals surface area contributed by atoms with Crippen LogP contribution in [-0.4, -0.2) is 27.8 Å². The van der Waals surface area contributed by atoms with Crippen molar-refractivity contribution < 1.29 is 13.9 Å². The molecule has 0 saturated carbocycles. The van der Waals surface area contributed by atoms with Gasteiger partial charge in [-0.25, -0.2) is 4.68 Å². The molecule has 1 atom stereocenters. The highest BCUT2D eigenvalue weighted by Gasteiger charge is 2.35. The number of nitrogens with one attached hydrogen (secondary N) is 2. The van der Waals surface area contributed by atoms with Crippen molar-refractivity contribution in [1.29, 1.82) is 0 Å². The quantitative estimate of drug-likeness (QED) is 0.463. The molecule has 3 heterocycles. The third-order valence-corrected chi connectivity index (χ3v) is 5.55. The normalized spacial score (nSPS) is 15.1. The highest BCUT2D eigenvalue weighted by Crippen LogP contribution is 2.37. The molecular formula is C25H23N5O3. The van der Waals surface area contributed by atoms with E-state index in [1.54, 1.807) is 42.3 Å². The second-order valence-electron chi connectivity index (χ2n) is 7.82. The molecule has 2 aromatic heterocycles. The van der Waals surface area contributed by atoms with E-state index in [9.17, 15) is 4.79 Å². The number of aryl methyl sites for hydroxylation is 1. The largest absolute Gasteiger partial charge is 0.495 e. The summed E-state index contributed by atoms with van der Waals surface area (Å²) in [6.07, 6.45) is 1.58. The molecule has 0 radical (unpaired) electrons. The molecule has 5 rings (SSSR count). The van der Waals surface area contributed by atoms with Crippen LogP contribution in [0.4, 0.5) is 11.6 Å². The zero-order valence-corrected chi connectivity index (χ0v) is 18.5.